The van der Waals surface area contributed by atoms with Crippen LogP contribution in [0.5, 0.6) is 0 Å². The Morgan fingerprint density at radius 3 is 2.50 bits per heavy atom. The Labute approximate surface area is 192 Å². The highest BCUT2D eigenvalue weighted by Gasteiger charge is 2.31. The van der Waals surface area contributed by atoms with Crippen molar-refractivity contribution in [1.82, 2.24) is 9.97 Å². The number of rotatable bonds is 6. The molecule has 8 nitrogen and oxygen atoms in total. The van der Waals surface area contributed by atoms with E-state index in [1.807, 2.05) is 0 Å². The highest BCUT2D eigenvalue weighted by Crippen LogP contribution is 2.34. The molecule has 0 amide bonds. The van der Waals surface area contributed by atoms with Gasteiger partial charge in [-0.25, -0.2) is 18.4 Å². The number of aliphatic hydroxyl groups is 1. The Morgan fingerprint density at radius 1 is 1.00 bits per heavy atom. The van der Waals surface area contributed by atoms with Crippen LogP contribution < -0.4 is 10.6 Å². The van der Waals surface area contributed by atoms with Gasteiger partial charge in [-0.2, -0.15) is 0 Å². The van der Waals surface area contributed by atoms with Crippen LogP contribution in [0.15, 0.2) is 17.0 Å². The maximum Gasteiger partial charge on any atom is 0.188 e. The standard InChI is InChI=1S/C22H30N4O4S2/c27-15-6-4-14(5-7-15)23-20-12-17(32(28,29)16-8-10-30-11-9-16)13-21(25-20)26-22-24-18-2-1-3-19(18)31-22/h12-16,27H,1-11H2,(H2,23,24,25,26)/t14-,15-. The van der Waals surface area contributed by atoms with Gasteiger partial charge in [0, 0.05) is 24.1 Å². The van der Waals surface area contributed by atoms with E-state index in [2.05, 4.69) is 20.6 Å². The van der Waals surface area contributed by atoms with Gasteiger partial charge in [-0.05, 0) is 69.9 Å². The molecule has 0 radical (unpaired) electrons. The number of hydrogen-bond donors (Lipinski definition) is 3. The summed E-state index contributed by atoms with van der Waals surface area (Å²) in [7, 11) is -3.50. The van der Waals surface area contributed by atoms with Crippen molar-refractivity contribution in [3.63, 3.8) is 0 Å². The predicted octanol–water partition coefficient (Wildman–Crippen LogP) is 3.44. The van der Waals surface area contributed by atoms with Gasteiger partial charge < -0.3 is 20.5 Å². The maximum absolute atomic E-state index is 13.4. The van der Waals surface area contributed by atoms with Gasteiger partial charge in [0.25, 0.3) is 0 Å². The molecule has 0 aromatic carbocycles. The zero-order valence-electron chi connectivity index (χ0n) is 18.0. The summed E-state index contributed by atoms with van der Waals surface area (Å²) in [5.74, 6) is 1.04. The normalized spacial score (nSPS) is 24.3. The smallest absolute Gasteiger partial charge is 0.188 e. The van der Waals surface area contributed by atoms with Crippen LogP contribution in [0.2, 0.25) is 0 Å². The number of hydrogen-bond acceptors (Lipinski definition) is 9. The fourth-order valence-electron chi connectivity index (χ4n) is 4.77. The molecule has 3 heterocycles. The van der Waals surface area contributed by atoms with Gasteiger partial charge in [-0.3, -0.25) is 0 Å². The monoisotopic (exact) mass is 478 g/mol. The molecule has 0 spiro atoms. The topological polar surface area (TPSA) is 113 Å². The number of thiazole rings is 1. The first-order valence-corrected chi connectivity index (χ1v) is 13.9. The van der Waals surface area contributed by atoms with E-state index < -0.39 is 15.1 Å². The highest BCUT2D eigenvalue weighted by atomic mass is 32.2. The van der Waals surface area contributed by atoms with Crippen LogP contribution in [0, 0.1) is 0 Å². The molecule has 1 aliphatic heterocycles. The highest BCUT2D eigenvalue weighted by molar-refractivity contribution is 7.92. The Morgan fingerprint density at radius 2 is 1.75 bits per heavy atom. The summed E-state index contributed by atoms with van der Waals surface area (Å²) in [4.78, 5) is 10.9. The first-order valence-electron chi connectivity index (χ1n) is 11.5. The molecule has 32 heavy (non-hydrogen) atoms. The van der Waals surface area contributed by atoms with Crippen LogP contribution in [-0.4, -0.2) is 54.1 Å². The van der Waals surface area contributed by atoms with E-state index in [1.165, 1.54) is 4.88 Å². The summed E-state index contributed by atoms with van der Waals surface area (Å²) in [5.41, 5.74) is 1.14. The Kier molecular flexibility index (Phi) is 6.37. The summed E-state index contributed by atoms with van der Waals surface area (Å²) < 4.78 is 32.2. The van der Waals surface area contributed by atoms with Crippen LogP contribution in [-0.2, 0) is 27.4 Å². The molecule has 2 fully saturated rings. The number of aryl methyl sites for hydroxylation is 2. The van der Waals surface area contributed by atoms with Crippen molar-refractivity contribution in [2.75, 3.05) is 23.8 Å². The van der Waals surface area contributed by atoms with Crippen LogP contribution in [0.1, 0.15) is 55.5 Å². The molecular formula is C22H30N4O4S2. The minimum Gasteiger partial charge on any atom is -0.393 e. The lowest BCUT2D eigenvalue weighted by Gasteiger charge is -2.27. The van der Waals surface area contributed by atoms with Crippen molar-refractivity contribution >= 4 is 37.9 Å². The zero-order valence-corrected chi connectivity index (χ0v) is 19.7. The first-order chi connectivity index (χ1) is 15.5. The molecule has 0 unspecified atom stereocenters. The van der Waals surface area contributed by atoms with Crippen molar-refractivity contribution in [3.8, 4) is 0 Å². The summed E-state index contributed by atoms with van der Waals surface area (Å²) in [6, 6.07) is 3.46. The summed E-state index contributed by atoms with van der Waals surface area (Å²) in [6.07, 6.45) is 7.14. The molecule has 3 N–H and O–H groups in total. The van der Waals surface area contributed by atoms with E-state index in [0.29, 0.717) is 37.7 Å². The summed E-state index contributed by atoms with van der Waals surface area (Å²) in [6.45, 7) is 0.945. The minimum absolute atomic E-state index is 0.170. The number of anilines is 3. The fourth-order valence-corrected chi connectivity index (χ4v) is 7.58. The van der Waals surface area contributed by atoms with Crippen LogP contribution in [0.25, 0.3) is 0 Å². The van der Waals surface area contributed by atoms with Crippen LogP contribution in [0.3, 0.4) is 0 Å². The molecule has 174 valence electrons. The van der Waals surface area contributed by atoms with E-state index in [1.54, 1.807) is 23.5 Å². The largest absolute Gasteiger partial charge is 0.393 e. The number of pyridine rings is 1. The lowest BCUT2D eigenvalue weighted by atomic mass is 9.93. The van der Waals surface area contributed by atoms with Gasteiger partial charge in [0.1, 0.15) is 11.6 Å². The number of nitrogens with one attached hydrogen (secondary N) is 2. The molecule has 3 aliphatic rings. The van der Waals surface area contributed by atoms with E-state index in [0.717, 1.165) is 55.8 Å². The predicted molar refractivity (Wildman–Crippen MR) is 125 cm³/mol. The number of ether oxygens (including phenoxy) is 1. The zero-order chi connectivity index (χ0) is 22.1. The molecule has 1 saturated heterocycles. The van der Waals surface area contributed by atoms with Gasteiger partial charge >= 0.3 is 0 Å². The molecule has 0 bridgehead atoms. The van der Waals surface area contributed by atoms with Crippen molar-refractivity contribution in [1.29, 1.82) is 0 Å². The molecule has 2 aliphatic carbocycles. The van der Waals surface area contributed by atoms with Gasteiger partial charge in [-0.1, -0.05) is 0 Å². The number of fused-ring (bicyclic) bond motifs is 1. The van der Waals surface area contributed by atoms with Crippen LogP contribution in [0.4, 0.5) is 16.8 Å². The average molecular weight is 479 g/mol. The lowest BCUT2D eigenvalue weighted by Crippen LogP contribution is -2.30. The lowest BCUT2D eigenvalue weighted by molar-refractivity contribution is 0.0983. The molecule has 5 rings (SSSR count). The third kappa shape index (κ3) is 4.78. The van der Waals surface area contributed by atoms with Gasteiger partial charge in [0.05, 0.1) is 21.9 Å². The molecular weight excluding hydrogens is 448 g/mol. The number of aromatic nitrogens is 2. The molecule has 1 saturated carbocycles. The number of sulfone groups is 1. The molecule has 10 heteroatoms. The fraction of sp³-hybridized carbons (Fsp3) is 0.636. The summed E-state index contributed by atoms with van der Waals surface area (Å²) in [5, 5.41) is 16.8. The van der Waals surface area contributed by atoms with Crippen LogP contribution >= 0.6 is 11.3 Å². The summed E-state index contributed by atoms with van der Waals surface area (Å²) >= 11 is 1.62. The van der Waals surface area contributed by atoms with Gasteiger partial charge in [-0.15, -0.1) is 11.3 Å². The Balaban J connectivity index is 1.43. The van der Waals surface area contributed by atoms with E-state index >= 15 is 0 Å². The average Bonchev–Trinajstić information content (AvgIpc) is 3.38. The number of nitrogens with zero attached hydrogens (tertiary/aromatic N) is 2. The van der Waals surface area contributed by atoms with Crippen molar-refractivity contribution in [2.24, 2.45) is 0 Å². The van der Waals surface area contributed by atoms with Crippen molar-refractivity contribution in [3.05, 3.63) is 22.7 Å². The third-order valence-corrected chi connectivity index (χ3v) is 9.93. The molecule has 2 aromatic heterocycles. The van der Waals surface area contributed by atoms with E-state index in [9.17, 15) is 13.5 Å². The SMILES string of the molecule is O=S(=O)(c1cc(Nc2nc3c(s2)CCC3)nc(N[C@H]2CC[C@H](O)CC2)c1)C1CCOCC1. The first kappa shape index (κ1) is 22.1. The third-order valence-electron chi connectivity index (χ3n) is 6.61. The second kappa shape index (κ2) is 9.24. The molecule has 2 aromatic rings. The maximum atomic E-state index is 13.4. The quantitative estimate of drug-likeness (QED) is 0.579. The Bertz CT molecular complexity index is 1040. The van der Waals surface area contributed by atoms with E-state index in [4.69, 9.17) is 4.74 Å². The minimum atomic E-state index is -3.50. The van der Waals surface area contributed by atoms with Gasteiger partial charge in [0.2, 0.25) is 0 Å². The second-order valence-electron chi connectivity index (χ2n) is 8.95. The number of aliphatic hydroxyl groups excluding tert-OH is 1. The van der Waals surface area contributed by atoms with Crippen molar-refractivity contribution < 1.29 is 18.3 Å². The Hall–Kier alpha value is -1.75. The second-order valence-corrected chi connectivity index (χ2v) is 12.3. The van der Waals surface area contributed by atoms with E-state index in [-0.39, 0.29) is 17.0 Å². The van der Waals surface area contributed by atoms with Crippen molar-refractivity contribution in [2.45, 2.75) is 80.1 Å². The molecule has 0 atom stereocenters. The van der Waals surface area contributed by atoms with Gasteiger partial charge in [0.15, 0.2) is 15.0 Å².